The highest BCUT2D eigenvalue weighted by atomic mass is 16.5. The standard InChI is InChI=1S/C17H22N4O3/c1-2-15(22)18-14(12-13-6-4-3-5-7-13)16-19-20-17(24-16)21-8-10-23-11-9-21/h3-7,14H,2,8-12H2,1H3,(H,18,22)/t14-/m1/s1. The Morgan fingerprint density at radius 2 is 2.00 bits per heavy atom. The number of hydrogen-bond donors (Lipinski definition) is 1. The van der Waals surface area contributed by atoms with Crippen molar-refractivity contribution in [2.24, 2.45) is 0 Å². The van der Waals surface area contributed by atoms with Gasteiger partial charge in [0.05, 0.1) is 13.2 Å². The van der Waals surface area contributed by atoms with Crippen LogP contribution in [0.4, 0.5) is 6.01 Å². The van der Waals surface area contributed by atoms with E-state index in [4.69, 9.17) is 9.15 Å². The Bertz CT molecular complexity index is 653. The summed E-state index contributed by atoms with van der Waals surface area (Å²) in [5.41, 5.74) is 1.10. The summed E-state index contributed by atoms with van der Waals surface area (Å²) < 4.78 is 11.2. The van der Waals surface area contributed by atoms with E-state index in [1.54, 1.807) is 0 Å². The van der Waals surface area contributed by atoms with Crippen molar-refractivity contribution in [3.05, 3.63) is 41.8 Å². The second-order valence-corrected chi connectivity index (χ2v) is 5.69. The zero-order valence-electron chi connectivity index (χ0n) is 13.8. The summed E-state index contributed by atoms with van der Waals surface area (Å²) in [6.07, 6.45) is 1.02. The summed E-state index contributed by atoms with van der Waals surface area (Å²) >= 11 is 0. The SMILES string of the molecule is CCC(=O)N[C@H](Cc1ccccc1)c1nnc(N2CCOCC2)o1. The molecule has 0 bridgehead atoms. The van der Waals surface area contributed by atoms with Crippen LogP contribution in [0.5, 0.6) is 0 Å². The average molecular weight is 330 g/mol. The van der Waals surface area contributed by atoms with Crippen LogP contribution in [0.25, 0.3) is 0 Å². The van der Waals surface area contributed by atoms with Gasteiger partial charge in [-0.2, -0.15) is 0 Å². The Morgan fingerprint density at radius 3 is 2.71 bits per heavy atom. The Kier molecular flexibility index (Phi) is 5.43. The highest BCUT2D eigenvalue weighted by Gasteiger charge is 2.23. The molecule has 1 atom stereocenters. The van der Waals surface area contributed by atoms with Crippen molar-refractivity contribution in [3.63, 3.8) is 0 Å². The van der Waals surface area contributed by atoms with Crippen molar-refractivity contribution < 1.29 is 13.9 Å². The van der Waals surface area contributed by atoms with E-state index < -0.39 is 0 Å². The maximum atomic E-state index is 11.9. The smallest absolute Gasteiger partial charge is 0.318 e. The zero-order chi connectivity index (χ0) is 16.8. The molecule has 7 nitrogen and oxygen atoms in total. The third-order valence-corrected chi connectivity index (χ3v) is 3.95. The molecule has 0 radical (unpaired) electrons. The lowest BCUT2D eigenvalue weighted by molar-refractivity contribution is -0.121. The van der Waals surface area contributed by atoms with E-state index in [0.29, 0.717) is 38.0 Å². The summed E-state index contributed by atoms with van der Waals surface area (Å²) in [4.78, 5) is 13.9. The van der Waals surface area contributed by atoms with Crippen LogP contribution in [-0.2, 0) is 16.0 Å². The van der Waals surface area contributed by atoms with E-state index in [0.717, 1.165) is 18.7 Å². The number of hydrogen-bond acceptors (Lipinski definition) is 6. The quantitative estimate of drug-likeness (QED) is 0.868. The number of aromatic nitrogens is 2. The molecule has 0 saturated carbocycles. The average Bonchev–Trinajstić information content (AvgIpc) is 3.13. The van der Waals surface area contributed by atoms with Gasteiger partial charge in [0.15, 0.2) is 0 Å². The van der Waals surface area contributed by atoms with Gasteiger partial charge in [0, 0.05) is 25.9 Å². The normalized spacial score (nSPS) is 16.0. The van der Waals surface area contributed by atoms with Gasteiger partial charge in [0.2, 0.25) is 11.8 Å². The van der Waals surface area contributed by atoms with Crippen molar-refractivity contribution in [3.8, 4) is 0 Å². The van der Waals surface area contributed by atoms with Crippen LogP contribution < -0.4 is 10.2 Å². The van der Waals surface area contributed by atoms with Gasteiger partial charge in [0.1, 0.15) is 6.04 Å². The fourth-order valence-electron chi connectivity index (χ4n) is 2.60. The molecule has 24 heavy (non-hydrogen) atoms. The van der Waals surface area contributed by atoms with Gasteiger partial charge in [-0.3, -0.25) is 4.79 Å². The number of nitrogens with zero attached hydrogens (tertiary/aromatic N) is 3. The largest absolute Gasteiger partial charge is 0.406 e. The minimum Gasteiger partial charge on any atom is -0.406 e. The molecule has 0 aliphatic carbocycles. The Hall–Kier alpha value is -2.41. The van der Waals surface area contributed by atoms with Crippen LogP contribution in [0.2, 0.25) is 0 Å². The van der Waals surface area contributed by atoms with Crippen LogP contribution in [0.3, 0.4) is 0 Å². The van der Waals surface area contributed by atoms with Crippen molar-refractivity contribution in [2.75, 3.05) is 31.2 Å². The molecule has 3 rings (SSSR count). The van der Waals surface area contributed by atoms with Crippen molar-refractivity contribution >= 4 is 11.9 Å². The van der Waals surface area contributed by atoms with Crippen molar-refractivity contribution in [1.82, 2.24) is 15.5 Å². The van der Waals surface area contributed by atoms with Crippen LogP contribution >= 0.6 is 0 Å². The lowest BCUT2D eigenvalue weighted by atomic mass is 10.1. The van der Waals surface area contributed by atoms with E-state index in [2.05, 4.69) is 15.5 Å². The number of carbonyl (C=O) groups excluding carboxylic acids is 1. The van der Waals surface area contributed by atoms with E-state index >= 15 is 0 Å². The number of rotatable bonds is 6. The monoisotopic (exact) mass is 330 g/mol. The molecule has 1 fully saturated rings. The summed E-state index contributed by atoms with van der Waals surface area (Å²) in [5.74, 6) is 0.393. The first-order chi connectivity index (χ1) is 11.8. The van der Waals surface area contributed by atoms with E-state index in [-0.39, 0.29) is 11.9 Å². The number of ether oxygens (including phenoxy) is 1. The third kappa shape index (κ3) is 4.11. The Labute approximate surface area is 141 Å². The van der Waals surface area contributed by atoms with Crippen LogP contribution in [0.15, 0.2) is 34.7 Å². The molecule has 1 amide bonds. The lowest BCUT2D eigenvalue weighted by Gasteiger charge is -2.24. The highest BCUT2D eigenvalue weighted by molar-refractivity contribution is 5.75. The molecule has 1 saturated heterocycles. The predicted molar refractivity (Wildman–Crippen MR) is 88.7 cm³/mol. The fraction of sp³-hybridized carbons (Fsp3) is 0.471. The minimum absolute atomic E-state index is 0.0398. The number of nitrogens with one attached hydrogen (secondary N) is 1. The third-order valence-electron chi connectivity index (χ3n) is 3.95. The highest BCUT2D eigenvalue weighted by Crippen LogP contribution is 2.22. The number of anilines is 1. The summed E-state index contributed by atoms with van der Waals surface area (Å²) in [5, 5.41) is 11.3. The molecule has 1 aromatic carbocycles. The maximum absolute atomic E-state index is 11.9. The van der Waals surface area contributed by atoms with Gasteiger partial charge in [-0.25, -0.2) is 0 Å². The van der Waals surface area contributed by atoms with Gasteiger partial charge < -0.3 is 19.4 Å². The minimum atomic E-state index is -0.331. The molecule has 2 heterocycles. The predicted octanol–water partition coefficient (Wildman–Crippen LogP) is 1.72. The first kappa shape index (κ1) is 16.4. The molecule has 1 aliphatic heterocycles. The van der Waals surface area contributed by atoms with E-state index in [1.807, 2.05) is 42.2 Å². The van der Waals surface area contributed by atoms with Crippen LogP contribution in [0, 0.1) is 0 Å². The molecule has 128 valence electrons. The molecule has 0 unspecified atom stereocenters. The van der Waals surface area contributed by atoms with Gasteiger partial charge in [0.25, 0.3) is 0 Å². The molecule has 1 aliphatic rings. The molecular formula is C17H22N4O3. The lowest BCUT2D eigenvalue weighted by Crippen LogP contribution is -2.36. The molecule has 1 aromatic heterocycles. The Morgan fingerprint density at radius 1 is 1.25 bits per heavy atom. The van der Waals surface area contributed by atoms with Gasteiger partial charge in [-0.1, -0.05) is 42.4 Å². The van der Waals surface area contributed by atoms with E-state index in [9.17, 15) is 4.79 Å². The molecule has 0 spiro atoms. The molecule has 1 N–H and O–H groups in total. The van der Waals surface area contributed by atoms with Gasteiger partial charge in [-0.05, 0) is 5.56 Å². The summed E-state index contributed by atoms with van der Waals surface area (Å²) in [6.45, 7) is 4.58. The summed E-state index contributed by atoms with van der Waals surface area (Å²) in [7, 11) is 0. The first-order valence-corrected chi connectivity index (χ1v) is 8.25. The first-order valence-electron chi connectivity index (χ1n) is 8.25. The number of amides is 1. The molecule has 2 aromatic rings. The topological polar surface area (TPSA) is 80.5 Å². The molecular weight excluding hydrogens is 308 g/mol. The van der Waals surface area contributed by atoms with Crippen molar-refractivity contribution in [2.45, 2.75) is 25.8 Å². The number of carbonyl (C=O) groups is 1. The van der Waals surface area contributed by atoms with Gasteiger partial charge in [-0.15, -0.1) is 5.10 Å². The Balaban J connectivity index is 1.76. The van der Waals surface area contributed by atoms with Crippen LogP contribution in [-0.4, -0.2) is 42.4 Å². The second-order valence-electron chi connectivity index (χ2n) is 5.69. The number of morpholine rings is 1. The number of benzene rings is 1. The fourth-order valence-corrected chi connectivity index (χ4v) is 2.60. The van der Waals surface area contributed by atoms with Crippen LogP contribution in [0.1, 0.15) is 30.8 Å². The van der Waals surface area contributed by atoms with Crippen molar-refractivity contribution in [1.29, 1.82) is 0 Å². The van der Waals surface area contributed by atoms with E-state index in [1.165, 1.54) is 0 Å². The second kappa shape index (κ2) is 7.92. The van der Waals surface area contributed by atoms with Gasteiger partial charge >= 0.3 is 6.01 Å². The summed E-state index contributed by atoms with van der Waals surface area (Å²) in [6, 6.07) is 10.1. The maximum Gasteiger partial charge on any atom is 0.318 e. The zero-order valence-corrected chi connectivity index (χ0v) is 13.8. The molecule has 7 heteroatoms.